The van der Waals surface area contributed by atoms with Crippen molar-refractivity contribution < 1.29 is 13.2 Å². The first kappa shape index (κ1) is 13.2. The zero-order chi connectivity index (χ0) is 14.0. The molecule has 1 aromatic heterocycles. The average molecular weight is 267 g/mol. The van der Waals surface area contributed by atoms with E-state index in [1.807, 2.05) is 0 Å². The third-order valence-electron chi connectivity index (χ3n) is 2.66. The summed E-state index contributed by atoms with van der Waals surface area (Å²) in [6.45, 7) is 0. The number of halogens is 3. The van der Waals surface area contributed by atoms with Crippen LogP contribution in [0.25, 0.3) is 0 Å². The molecule has 1 N–H and O–H groups in total. The summed E-state index contributed by atoms with van der Waals surface area (Å²) in [5.74, 6) is -2.20. The fraction of sp³-hybridized carbons (Fsp3) is 0.154. The zero-order valence-corrected chi connectivity index (χ0v) is 10.4. The Kier molecular flexibility index (Phi) is 3.59. The van der Waals surface area contributed by atoms with Crippen LogP contribution in [0.3, 0.4) is 0 Å². The third-order valence-corrected chi connectivity index (χ3v) is 2.66. The van der Waals surface area contributed by atoms with Gasteiger partial charge in [-0.3, -0.25) is 0 Å². The Bertz CT molecular complexity index is 602. The molecule has 0 aliphatic rings. The van der Waals surface area contributed by atoms with Crippen LogP contribution in [-0.4, -0.2) is 19.1 Å². The maximum absolute atomic E-state index is 13.7. The molecule has 19 heavy (non-hydrogen) atoms. The maximum Gasteiger partial charge on any atom is 0.171 e. The van der Waals surface area contributed by atoms with Crippen molar-refractivity contribution in [2.24, 2.45) is 0 Å². The van der Waals surface area contributed by atoms with Crippen molar-refractivity contribution in [1.82, 2.24) is 4.98 Å². The quantitative estimate of drug-likeness (QED) is 0.924. The minimum absolute atomic E-state index is 0.0698. The highest BCUT2D eigenvalue weighted by atomic mass is 19.1. The van der Waals surface area contributed by atoms with Crippen molar-refractivity contribution >= 4 is 17.3 Å². The zero-order valence-electron chi connectivity index (χ0n) is 10.4. The molecule has 0 bridgehead atoms. The van der Waals surface area contributed by atoms with Crippen LogP contribution < -0.4 is 10.2 Å². The van der Waals surface area contributed by atoms with Crippen molar-refractivity contribution in [3.63, 3.8) is 0 Å². The minimum Gasteiger partial charge on any atom is -0.371 e. The average Bonchev–Trinajstić information content (AvgIpc) is 2.38. The van der Waals surface area contributed by atoms with E-state index < -0.39 is 17.5 Å². The van der Waals surface area contributed by atoms with Crippen LogP contribution in [0.5, 0.6) is 0 Å². The number of benzene rings is 1. The fourth-order valence-electron chi connectivity index (χ4n) is 1.67. The lowest BCUT2D eigenvalue weighted by Crippen LogP contribution is -2.15. The van der Waals surface area contributed by atoms with Gasteiger partial charge in [0.15, 0.2) is 23.3 Å². The molecule has 0 aliphatic carbocycles. The summed E-state index contributed by atoms with van der Waals surface area (Å²) in [5, 5.41) is 2.53. The van der Waals surface area contributed by atoms with Gasteiger partial charge in [0.2, 0.25) is 0 Å². The predicted octanol–water partition coefficient (Wildman–Crippen LogP) is 3.31. The molecule has 2 rings (SSSR count). The second-order valence-corrected chi connectivity index (χ2v) is 3.91. The molecule has 2 aromatic rings. The van der Waals surface area contributed by atoms with Gasteiger partial charge in [-0.05, 0) is 18.2 Å². The molecule has 100 valence electrons. The summed E-state index contributed by atoms with van der Waals surface area (Å²) in [6.07, 6.45) is 0. The van der Waals surface area contributed by atoms with E-state index in [0.29, 0.717) is 5.69 Å². The Labute approximate surface area is 108 Å². The Balaban J connectivity index is 2.46. The van der Waals surface area contributed by atoms with Gasteiger partial charge in [-0.2, -0.15) is 0 Å². The van der Waals surface area contributed by atoms with Gasteiger partial charge in [-0.15, -0.1) is 0 Å². The molecule has 0 unspecified atom stereocenters. The van der Waals surface area contributed by atoms with Gasteiger partial charge in [-0.1, -0.05) is 6.07 Å². The minimum atomic E-state index is -0.816. The van der Waals surface area contributed by atoms with Gasteiger partial charge in [0, 0.05) is 25.8 Å². The van der Waals surface area contributed by atoms with E-state index in [1.54, 1.807) is 6.07 Å². The SMILES string of the molecule is CNc1nc(N(C)c2cccc(F)c2)c(F)cc1F. The number of nitrogens with one attached hydrogen (secondary N) is 1. The number of rotatable bonds is 3. The van der Waals surface area contributed by atoms with Gasteiger partial charge in [-0.25, -0.2) is 18.2 Å². The van der Waals surface area contributed by atoms with Crippen LogP contribution >= 0.6 is 0 Å². The number of aromatic nitrogens is 1. The number of hydrogen-bond donors (Lipinski definition) is 1. The summed E-state index contributed by atoms with van der Waals surface area (Å²) >= 11 is 0. The topological polar surface area (TPSA) is 28.2 Å². The first-order valence-electron chi connectivity index (χ1n) is 5.56. The highest BCUT2D eigenvalue weighted by Gasteiger charge is 2.16. The van der Waals surface area contributed by atoms with E-state index in [-0.39, 0.29) is 11.6 Å². The summed E-state index contributed by atoms with van der Waals surface area (Å²) in [5.41, 5.74) is 0.417. The van der Waals surface area contributed by atoms with Crippen LogP contribution in [0.1, 0.15) is 0 Å². The van der Waals surface area contributed by atoms with Crippen LogP contribution in [0, 0.1) is 17.5 Å². The summed E-state index contributed by atoms with van der Waals surface area (Å²) in [4.78, 5) is 5.18. The normalized spacial score (nSPS) is 10.4. The molecule has 1 aromatic carbocycles. The van der Waals surface area contributed by atoms with Gasteiger partial charge in [0.1, 0.15) is 5.82 Å². The van der Waals surface area contributed by atoms with E-state index in [9.17, 15) is 13.2 Å². The number of hydrogen-bond acceptors (Lipinski definition) is 3. The van der Waals surface area contributed by atoms with E-state index in [4.69, 9.17) is 0 Å². The maximum atomic E-state index is 13.7. The molecule has 0 spiro atoms. The van der Waals surface area contributed by atoms with Crippen LogP contribution in [-0.2, 0) is 0 Å². The molecule has 6 heteroatoms. The standard InChI is InChI=1S/C13H12F3N3/c1-17-12-10(15)7-11(16)13(18-12)19(2)9-5-3-4-8(14)6-9/h3-7H,1-2H3,(H,17,18). The van der Waals surface area contributed by atoms with Crippen LogP contribution in [0.15, 0.2) is 30.3 Å². The first-order valence-corrected chi connectivity index (χ1v) is 5.56. The Morgan fingerprint density at radius 2 is 1.84 bits per heavy atom. The number of anilines is 3. The molecule has 1 heterocycles. The lowest BCUT2D eigenvalue weighted by molar-refractivity contribution is 0.576. The van der Waals surface area contributed by atoms with Crippen LogP contribution in [0.2, 0.25) is 0 Å². The van der Waals surface area contributed by atoms with Gasteiger partial charge < -0.3 is 10.2 Å². The lowest BCUT2D eigenvalue weighted by Gasteiger charge is -2.19. The van der Waals surface area contributed by atoms with E-state index in [1.165, 1.54) is 37.2 Å². The van der Waals surface area contributed by atoms with Gasteiger partial charge >= 0.3 is 0 Å². The first-order chi connectivity index (χ1) is 9.02. The van der Waals surface area contributed by atoms with Crippen LogP contribution in [0.4, 0.5) is 30.5 Å². The third kappa shape index (κ3) is 2.62. The van der Waals surface area contributed by atoms with Gasteiger partial charge in [0.25, 0.3) is 0 Å². The van der Waals surface area contributed by atoms with E-state index >= 15 is 0 Å². The number of nitrogens with zero attached hydrogens (tertiary/aromatic N) is 2. The Morgan fingerprint density at radius 1 is 1.11 bits per heavy atom. The molecule has 3 nitrogen and oxygen atoms in total. The Hall–Kier alpha value is -2.24. The molecule has 0 atom stereocenters. The monoisotopic (exact) mass is 267 g/mol. The lowest BCUT2D eigenvalue weighted by atomic mass is 10.2. The van der Waals surface area contributed by atoms with E-state index in [0.717, 1.165) is 6.07 Å². The summed E-state index contributed by atoms with van der Waals surface area (Å²) in [7, 11) is 3.01. The molecule has 0 saturated heterocycles. The summed E-state index contributed by atoms with van der Waals surface area (Å²) in [6, 6.07) is 6.37. The molecular formula is C13H12F3N3. The summed E-state index contributed by atoms with van der Waals surface area (Å²) < 4.78 is 40.2. The molecule has 0 radical (unpaired) electrons. The molecular weight excluding hydrogens is 255 g/mol. The van der Waals surface area contributed by atoms with Crippen molar-refractivity contribution in [3.8, 4) is 0 Å². The van der Waals surface area contributed by atoms with Crippen molar-refractivity contribution in [2.75, 3.05) is 24.3 Å². The molecule has 0 aliphatic heterocycles. The van der Waals surface area contributed by atoms with Crippen molar-refractivity contribution in [2.45, 2.75) is 0 Å². The molecule has 0 amide bonds. The van der Waals surface area contributed by atoms with Gasteiger partial charge in [0.05, 0.1) is 0 Å². The second-order valence-electron chi connectivity index (χ2n) is 3.91. The fourth-order valence-corrected chi connectivity index (χ4v) is 1.67. The van der Waals surface area contributed by atoms with Crippen molar-refractivity contribution in [3.05, 3.63) is 47.8 Å². The second kappa shape index (κ2) is 5.17. The Morgan fingerprint density at radius 3 is 2.47 bits per heavy atom. The molecule has 0 fully saturated rings. The molecule has 0 saturated carbocycles. The van der Waals surface area contributed by atoms with E-state index in [2.05, 4.69) is 10.3 Å². The smallest absolute Gasteiger partial charge is 0.171 e. The number of pyridine rings is 1. The highest BCUT2D eigenvalue weighted by Crippen LogP contribution is 2.27. The predicted molar refractivity (Wildman–Crippen MR) is 68.2 cm³/mol. The largest absolute Gasteiger partial charge is 0.371 e. The van der Waals surface area contributed by atoms with Crippen molar-refractivity contribution in [1.29, 1.82) is 0 Å². The highest BCUT2D eigenvalue weighted by molar-refractivity contribution is 5.61.